The van der Waals surface area contributed by atoms with Gasteiger partial charge in [-0.25, -0.2) is 4.79 Å². The lowest BCUT2D eigenvalue weighted by Crippen LogP contribution is -2.42. The van der Waals surface area contributed by atoms with Gasteiger partial charge in [-0.2, -0.15) is 0 Å². The zero-order valence-corrected chi connectivity index (χ0v) is 12.3. The van der Waals surface area contributed by atoms with Crippen LogP contribution in [0.2, 0.25) is 0 Å². The molecule has 1 saturated heterocycles. The van der Waals surface area contributed by atoms with Crippen LogP contribution < -0.4 is 5.32 Å². The molecule has 1 aromatic carbocycles. The first-order valence-electron chi connectivity index (χ1n) is 7.80. The molecule has 2 aliphatic rings. The molecule has 22 heavy (non-hydrogen) atoms. The maximum atomic E-state index is 12.2. The van der Waals surface area contributed by atoms with Crippen molar-refractivity contribution in [2.45, 2.75) is 31.4 Å². The Morgan fingerprint density at radius 1 is 1.23 bits per heavy atom. The molecular formula is C18H18N2O2. The summed E-state index contributed by atoms with van der Waals surface area (Å²) >= 11 is 0. The minimum Gasteiger partial charge on any atom is -0.457 e. The summed E-state index contributed by atoms with van der Waals surface area (Å²) in [5.41, 5.74) is 3.74. The number of rotatable bonds is 2. The number of hydrogen-bond acceptors (Lipinski definition) is 4. The lowest BCUT2D eigenvalue weighted by molar-refractivity contribution is 0.0173. The van der Waals surface area contributed by atoms with E-state index < -0.39 is 0 Å². The Morgan fingerprint density at radius 2 is 2.18 bits per heavy atom. The maximum absolute atomic E-state index is 12.2. The highest BCUT2D eigenvalue weighted by Crippen LogP contribution is 2.28. The predicted octanol–water partition coefficient (Wildman–Crippen LogP) is 2.58. The van der Waals surface area contributed by atoms with E-state index in [1.54, 1.807) is 6.20 Å². The summed E-state index contributed by atoms with van der Waals surface area (Å²) in [4.78, 5) is 16.6. The largest absolute Gasteiger partial charge is 0.457 e. The lowest BCUT2D eigenvalue weighted by Gasteiger charge is -2.29. The number of ether oxygens (including phenoxy) is 1. The minimum atomic E-state index is -0.201. The van der Waals surface area contributed by atoms with E-state index in [0.29, 0.717) is 5.56 Å². The monoisotopic (exact) mass is 294 g/mol. The molecule has 0 saturated carbocycles. The second-order valence-electron chi connectivity index (χ2n) is 5.94. The van der Waals surface area contributed by atoms with Gasteiger partial charge in [-0.3, -0.25) is 4.98 Å². The zero-order chi connectivity index (χ0) is 14.9. The Kier molecular flexibility index (Phi) is 3.39. The van der Waals surface area contributed by atoms with Crippen molar-refractivity contribution in [2.75, 3.05) is 6.54 Å². The first kappa shape index (κ1) is 13.5. The fourth-order valence-electron chi connectivity index (χ4n) is 3.37. The Morgan fingerprint density at radius 3 is 2.95 bits per heavy atom. The number of aromatic nitrogens is 1. The molecule has 0 unspecified atom stereocenters. The highest BCUT2D eigenvalue weighted by molar-refractivity contribution is 5.93. The molecule has 1 fully saturated rings. The van der Waals surface area contributed by atoms with Gasteiger partial charge in [0.25, 0.3) is 0 Å². The Labute approximate surface area is 129 Å². The Hall–Kier alpha value is -2.20. The van der Waals surface area contributed by atoms with Gasteiger partial charge in [0.2, 0.25) is 0 Å². The number of nitrogens with zero attached hydrogens (tertiary/aromatic N) is 1. The van der Waals surface area contributed by atoms with Crippen molar-refractivity contribution in [1.82, 2.24) is 10.3 Å². The number of fused-ring (bicyclic) bond motifs is 1. The fraction of sp³-hybridized carbons (Fsp3) is 0.333. The third kappa shape index (κ3) is 2.40. The van der Waals surface area contributed by atoms with Crippen molar-refractivity contribution in [3.63, 3.8) is 0 Å². The number of cyclic esters (lactones) is 1. The van der Waals surface area contributed by atoms with Gasteiger partial charge in [0.05, 0.1) is 11.3 Å². The van der Waals surface area contributed by atoms with E-state index >= 15 is 0 Å². The number of esters is 1. The third-order valence-electron chi connectivity index (χ3n) is 4.51. The highest BCUT2D eigenvalue weighted by atomic mass is 16.5. The molecular weight excluding hydrogens is 276 g/mol. The molecule has 112 valence electrons. The molecule has 4 heteroatoms. The topological polar surface area (TPSA) is 51.2 Å². The number of hydrogen-bond donors (Lipinski definition) is 1. The SMILES string of the molecule is O=C1O[C@H]([C@@H]2CCCN2)Cc2cc(-c3ccccn3)ccc21. The van der Waals surface area contributed by atoms with Crippen LogP contribution in [0.1, 0.15) is 28.8 Å². The summed E-state index contributed by atoms with van der Waals surface area (Å²) in [6.45, 7) is 1.01. The summed E-state index contributed by atoms with van der Waals surface area (Å²) in [5, 5.41) is 3.43. The zero-order valence-electron chi connectivity index (χ0n) is 12.3. The predicted molar refractivity (Wildman–Crippen MR) is 83.6 cm³/mol. The standard InChI is InChI=1S/C18H18N2O2/c21-18-14-7-6-12(15-4-1-2-8-19-15)10-13(14)11-17(22-18)16-5-3-9-20-16/h1-2,4,6-8,10,16-17,20H,3,5,9,11H2/t16-,17-/m0/s1. The normalized spacial score (nSPS) is 23.9. The van der Waals surface area contributed by atoms with E-state index in [4.69, 9.17) is 4.74 Å². The van der Waals surface area contributed by atoms with Crippen LogP contribution in [0.3, 0.4) is 0 Å². The van der Waals surface area contributed by atoms with Crippen molar-refractivity contribution < 1.29 is 9.53 Å². The van der Waals surface area contributed by atoms with Crippen LogP contribution in [-0.4, -0.2) is 29.6 Å². The molecule has 2 atom stereocenters. The Balaban J connectivity index is 1.67. The quantitative estimate of drug-likeness (QED) is 0.865. The van der Waals surface area contributed by atoms with Crippen LogP contribution in [0.5, 0.6) is 0 Å². The van der Waals surface area contributed by atoms with Crippen LogP contribution in [0.15, 0.2) is 42.6 Å². The van der Waals surface area contributed by atoms with E-state index in [-0.39, 0.29) is 18.1 Å². The van der Waals surface area contributed by atoms with Gasteiger partial charge in [-0.15, -0.1) is 0 Å². The maximum Gasteiger partial charge on any atom is 0.338 e. The number of benzene rings is 1. The molecule has 4 nitrogen and oxygen atoms in total. The van der Waals surface area contributed by atoms with Gasteiger partial charge in [0.15, 0.2) is 0 Å². The van der Waals surface area contributed by atoms with Crippen LogP contribution in [0, 0.1) is 0 Å². The van der Waals surface area contributed by atoms with E-state index in [9.17, 15) is 4.79 Å². The number of pyridine rings is 1. The van der Waals surface area contributed by atoms with Crippen molar-refractivity contribution >= 4 is 5.97 Å². The second kappa shape index (κ2) is 5.54. The molecule has 1 N–H and O–H groups in total. The first-order valence-corrected chi connectivity index (χ1v) is 7.80. The molecule has 0 bridgehead atoms. The van der Waals surface area contributed by atoms with Gasteiger partial charge < -0.3 is 10.1 Å². The molecule has 0 spiro atoms. The molecule has 0 aliphatic carbocycles. The highest BCUT2D eigenvalue weighted by Gasteiger charge is 2.33. The van der Waals surface area contributed by atoms with E-state index in [1.807, 2.05) is 30.3 Å². The summed E-state index contributed by atoms with van der Waals surface area (Å²) in [6.07, 6.45) is 4.74. The van der Waals surface area contributed by atoms with E-state index in [1.165, 1.54) is 0 Å². The average molecular weight is 294 g/mol. The minimum absolute atomic E-state index is 0.0542. The van der Waals surface area contributed by atoms with E-state index in [2.05, 4.69) is 16.4 Å². The molecule has 2 aliphatic heterocycles. The molecule has 2 aromatic rings. The fourth-order valence-corrected chi connectivity index (χ4v) is 3.37. The van der Waals surface area contributed by atoms with Gasteiger partial charge >= 0.3 is 5.97 Å². The lowest BCUT2D eigenvalue weighted by atomic mass is 9.92. The molecule has 0 amide bonds. The number of carbonyl (C=O) groups excluding carboxylic acids is 1. The van der Waals surface area contributed by atoms with Gasteiger partial charge in [-0.05, 0) is 49.2 Å². The van der Waals surface area contributed by atoms with Crippen LogP contribution in [-0.2, 0) is 11.2 Å². The number of carbonyl (C=O) groups is 1. The molecule has 4 rings (SSSR count). The van der Waals surface area contributed by atoms with Crippen LogP contribution >= 0.6 is 0 Å². The van der Waals surface area contributed by atoms with Crippen molar-refractivity contribution in [2.24, 2.45) is 0 Å². The summed E-state index contributed by atoms with van der Waals surface area (Å²) in [5.74, 6) is -0.201. The first-order chi connectivity index (χ1) is 10.8. The summed E-state index contributed by atoms with van der Waals surface area (Å²) in [6, 6.07) is 12.0. The number of nitrogens with one attached hydrogen (secondary N) is 1. The summed E-state index contributed by atoms with van der Waals surface area (Å²) in [7, 11) is 0. The van der Waals surface area contributed by atoms with Crippen LogP contribution in [0.4, 0.5) is 0 Å². The van der Waals surface area contributed by atoms with E-state index in [0.717, 1.165) is 42.6 Å². The van der Waals surface area contributed by atoms with Crippen molar-refractivity contribution in [3.05, 3.63) is 53.7 Å². The van der Waals surface area contributed by atoms with Gasteiger partial charge in [-0.1, -0.05) is 12.1 Å². The van der Waals surface area contributed by atoms with Gasteiger partial charge in [0.1, 0.15) is 6.10 Å². The molecule has 3 heterocycles. The average Bonchev–Trinajstić information content (AvgIpc) is 3.09. The third-order valence-corrected chi connectivity index (χ3v) is 4.51. The smallest absolute Gasteiger partial charge is 0.338 e. The molecule has 0 radical (unpaired) electrons. The van der Waals surface area contributed by atoms with Crippen molar-refractivity contribution in [1.29, 1.82) is 0 Å². The molecule has 1 aromatic heterocycles. The summed E-state index contributed by atoms with van der Waals surface area (Å²) < 4.78 is 5.63. The second-order valence-corrected chi connectivity index (χ2v) is 5.94. The Bertz CT molecular complexity index is 693. The van der Waals surface area contributed by atoms with Crippen LogP contribution in [0.25, 0.3) is 11.3 Å². The van der Waals surface area contributed by atoms with Crippen molar-refractivity contribution in [3.8, 4) is 11.3 Å². The van der Waals surface area contributed by atoms with Gasteiger partial charge in [0, 0.05) is 24.2 Å².